The lowest BCUT2D eigenvalue weighted by molar-refractivity contribution is 0.0899. The Morgan fingerprint density at radius 2 is 2.26 bits per heavy atom. The second-order valence-corrected chi connectivity index (χ2v) is 5.11. The summed E-state index contributed by atoms with van der Waals surface area (Å²) in [6.07, 6.45) is 7.44. The third-order valence-corrected chi connectivity index (χ3v) is 3.91. The fourth-order valence-corrected chi connectivity index (χ4v) is 2.77. The van der Waals surface area contributed by atoms with E-state index in [0.717, 1.165) is 12.8 Å². The van der Waals surface area contributed by atoms with Gasteiger partial charge >= 0.3 is 0 Å². The molecule has 104 valence electrons. The van der Waals surface area contributed by atoms with E-state index in [-0.39, 0.29) is 11.9 Å². The minimum absolute atomic E-state index is 0.109. The highest BCUT2D eigenvalue weighted by Gasteiger charge is 2.25. The number of nitrogens with zero attached hydrogens (tertiary/aromatic N) is 1. The molecule has 5 nitrogen and oxygen atoms in total. The number of anilines is 1. The number of nitrogens with two attached hydrogens (primary N) is 1. The Hall–Kier alpha value is -1.62. The summed E-state index contributed by atoms with van der Waals surface area (Å²) >= 11 is 0. The number of pyridine rings is 1. The molecule has 19 heavy (non-hydrogen) atoms. The van der Waals surface area contributed by atoms with E-state index in [0.29, 0.717) is 17.3 Å². The van der Waals surface area contributed by atoms with Crippen LogP contribution in [-0.4, -0.2) is 16.9 Å². The normalized spacial score (nSPS) is 22.8. The van der Waals surface area contributed by atoms with Crippen LogP contribution in [0, 0.1) is 5.92 Å². The zero-order valence-electron chi connectivity index (χ0n) is 11.4. The molecule has 0 spiro atoms. The average molecular weight is 262 g/mol. The van der Waals surface area contributed by atoms with Gasteiger partial charge in [0.2, 0.25) is 0 Å². The summed E-state index contributed by atoms with van der Waals surface area (Å²) in [5.74, 6) is 5.82. The molecule has 1 aliphatic carbocycles. The van der Waals surface area contributed by atoms with Crippen molar-refractivity contribution in [3.05, 3.63) is 24.0 Å². The Bertz CT molecular complexity index is 435. The Kier molecular flexibility index (Phi) is 4.74. The largest absolute Gasteiger partial charge is 0.348 e. The zero-order valence-corrected chi connectivity index (χ0v) is 11.4. The lowest BCUT2D eigenvalue weighted by atomic mass is 9.83. The molecule has 0 aliphatic heterocycles. The van der Waals surface area contributed by atoms with Crippen molar-refractivity contribution in [2.75, 3.05) is 5.43 Å². The lowest BCUT2D eigenvalue weighted by Crippen LogP contribution is -2.42. The van der Waals surface area contributed by atoms with Crippen molar-refractivity contribution >= 4 is 11.6 Å². The van der Waals surface area contributed by atoms with Crippen LogP contribution in [0.2, 0.25) is 0 Å². The Labute approximate surface area is 114 Å². The van der Waals surface area contributed by atoms with Crippen LogP contribution in [0.5, 0.6) is 0 Å². The van der Waals surface area contributed by atoms with Crippen LogP contribution >= 0.6 is 0 Å². The van der Waals surface area contributed by atoms with Gasteiger partial charge in [-0.1, -0.05) is 26.2 Å². The van der Waals surface area contributed by atoms with Gasteiger partial charge in [-0.3, -0.25) is 15.6 Å². The van der Waals surface area contributed by atoms with Gasteiger partial charge in [-0.2, -0.15) is 0 Å². The number of aromatic nitrogens is 1. The molecule has 1 aromatic heterocycles. The molecule has 1 saturated carbocycles. The maximum absolute atomic E-state index is 12.2. The first-order valence-corrected chi connectivity index (χ1v) is 6.98. The van der Waals surface area contributed by atoms with E-state index in [1.165, 1.54) is 19.3 Å². The lowest BCUT2D eigenvalue weighted by Gasteiger charge is -2.31. The molecule has 1 heterocycles. The SMILES string of the molecule is CCC1CCCCC1NC(=O)c1cc(NN)ccn1. The molecule has 0 saturated heterocycles. The molecule has 1 aliphatic rings. The highest BCUT2D eigenvalue weighted by Crippen LogP contribution is 2.27. The molecule has 2 unspecified atom stereocenters. The van der Waals surface area contributed by atoms with E-state index < -0.39 is 0 Å². The van der Waals surface area contributed by atoms with Gasteiger partial charge in [0.05, 0.1) is 5.69 Å². The van der Waals surface area contributed by atoms with Gasteiger partial charge in [-0.15, -0.1) is 0 Å². The van der Waals surface area contributed by atoms with Crippen molar-refractivity contribution in [1.29, 1.82) is 0 Å². The van der Waals surface area contributed by atoms with Crippen molar-refractivity contribution in [2.45, 2.75) is 45.1 Å². The summed E-state index contributed by atoms with van der Waals surface area (Å²) in [5, 5.41) is 3.12. The standard InChI is InChI=1S/C14H22N4O/c1-2-10-5-3-4-6-12(10)17-14(19)13-9-11(18-15)7-8-16-13/h7-10,12H,2-6,15H2,1H3,(H,16,18)(H,17,19). The molecule has 2 rings (SSSR count). The van der Waals surface area contributed by atoms with Crippen LogP contribution in [0.4, 0.5) is 5.69 Å². The number of carbonyl (C=O) groups is 1. The van der Waals surface area contributed by atoms with Gasteiger partial charge in [0.15, 0.2) is 0 Å². The molecule has 2 atom stereocenters. The van der Waals surface area contributed by atoms with Crippen LogP contribution in [0.3, 0.4) is 0 Å². The highest BCUT2D eigenvalue weighted by atomic mass is 16.1. The van der Waals surface area contributed by atoms with E-state index in [2.05, 4.69) is 22.7 Å². The third kappa shape index (κ3) is 3.44. The van der Waals surface area contributed by atoms with E-state index >= 15 is 0 Å². The van der Waals surface area contributed by atoms with Crippen molar-refractivity contribution in [3.8, 4) is 0 Å². The number of rotatable bonds is 4. The number of nitrogen functional groups attached to an aromatic ring is 1. The molecule has 0 bridgehead atoms. The van der Waals surface area contributed by atoms with Crippen molar-refractivity contribution in [2.24, 2.45) is 11.8 Å². The van der Waals surface area contributed by atoms with E-state index in [4.69, 9.17) is 5.84 Å². The zero-order chi connectivity index (χ0) is 13.7. The second kappa shape index (κ2) is 6.52. The maximum atomic E-state index is 12.2. The molecule has 4 N–H and O–H groups in total. The van der Waals surface area contributed by atoms with Crippen LogP contribution in [0.1, 0.15) is 49.5 Å². The first kappa shape index (κ1) is 13.8. The second-order valence-electron chi connectivity index (χ2n) is 5.11. The Morgan fingerprint density at radius 1 is 1.47 bits per heavy atom. The van der Waals surface area contributed by atoms with E-state index in [1.807, 2.05) is 0 Å². The summed E-state index contributed by atoms with van der Waals surface area (Å²) in [7, 11) is 0. The maximum Gasteiger partial charge on any atom is 0.270 e. The Morgan fingerprint density at radius 3 is 3.00 bits per heavy atom. The van der Waals surface area contributed by atoms with E-state index in [1.54, 1.807) is 18.3 Å². The monoisotopic (exact) mass is 262 g/mol. The van der Waals surface area contributed by atoms with Crippen molar-refractivity contribution in [3.63, 3.8) is 0 Å². The van der Waals surface area contributed by atoms with Crippen LogP contribution in [0.25, 0.3) is 0 Å². The van der Waals surface area contributed by atoms with Crippen molar-refractivity contribution in [1.82, 2.24) is 10.3 Å². The van der Waals surface area contributed by atoms with Gasteiger partial charge in [-0.05, 0) is 30.9 Å². The molecule has 1 aromatic rings. The smallest absolute Gasteiger partial charge is 0.270 e. The Balaban J connectivity index is 2.02. The summed E-state index contributed by atoms with van der Waals surface area (Å²) in [4.78, 5) is 16.3. The topological polar surface area (TPSA) is 80.0 Å². The third-order valence-electron chi connectivity index (χ3n) is 3.91. The molecule has 1 fully saturated rings. The highest BCUT2D eigenvalue weighted by molar-refractivity contribution is 5.93. The average Bonchev–Trinajstić information content (AvgIpc) is 2.47. The quantitative estimate of drug-likeness (QED) is 0.573. The van der Waals surface area contributed by atoms with Crippen molar-refractivity contribution < 1.29 is 4.79 Å². The molecule has 0 radical (unpaired) electrons. The van der Waals surface area contributed by atoms with Crippen LogP contribution in [-0.2, 0) is 0 Å². The van der Waals surface area contributed by atoms with Crippen LogP contribution in [0.15, 0.2) is 18.3 Å². The van der Waals surface area contributed by atoms with Gasteiger partial charge in [0.1, 0.15) is 5.69 Å². The number of hydrazine groups is 1. The van der Waals surface area contributed by atoms with Gasteiger partial charge < -0.3 is 10.7 Å². The summed E-state index contributed by atoms with van der Waals surface area (Å²) in [5.41, 5.74) is 3.63. The van der Waals surface area contributed by atoms with Gasteiger partial charge in [0, 0.05) is 12.2 Å². The fraction of sp³-hybridized carbons (Fsp3) is 0.571. The summed E-state index contributed by atoms with van der Waals surface area (Å²) in [6.45, 7) is 2.19. The number of hydrogen-bond donors (Lipinski definition) is 3. The molecule has 1 amide bonds. The first-order valence-electron chi connectivity index (χ1n) is 6.98. The minimum Gasteiger partial charge on any atom is -0.348 e. The van der Waals surface area contributed by atoms with Gasteiger partial charge in [-0.25, -0.2) is 0 Å². The number of carbonyl (C=O) groups excluding carboxylic acids is 1. The predicted molar refractivity (Wildman–Crippen MR) is 75.6 cm³/mol. The molecule has 5 heteroatoms. The van der Waals surface area contributed by atoms with E-state index in [9.17, 15) is 4.79 Å². The number of hydrogen-bond acceptors (Lipinski definition) is 4. The predicted octanol–water partition coefficient (Wildman–Crippen LogP) is 2.07. The van der Waals surface area contributed by atoms with Gasteiger partial charge in [0.25, 0.3) is 5.91 Å². The number of amides is 1. The summed E-state index contributed by atoms with van der Waals surface area (Å²) < 4.78 is 0. The minimum atomic E-state index is -0.109. The summed E-state index contributed by atoms with van der Waals surface area (Å²) in [6, 6.07) is 3.67. The first-order chi connectivity index (χ1) is 9.24. The fourth-order valence-electron chi connectivity index (χ4n) is 2.77. The molecular formula is C14H22N4O. The molecular weight excluding hydrogens is 240 g/mol. The number of nitrogens with one attached hydrogen (secondary N) is 2. The molecule has 0 aromatic carbocycles. The van der Waals surface area contributed by atoms with Crippen LogP contribution < -0.4 is 16.6 Å².